The quantitative estimate of drug-likeness (QED) is 0.314. The van der Waals surface area contributed by atoms with E-state index in [0.717, 1.165) is 10.4 Å². The SMILES string of the molecule is COC(=O)c1ccc(CSC2=N/C(=C\c3cccs3)C(=O)N2c2ccc(OC)c(Cl)c2)cc1. The first-order valence-electron chi connectivity index (χ1n) is 9.82. The number of anilines is 1. The van der Waals surface area contributed by atoms with E-state index in [4.69, 9.17) is 21.1 Å². The number of hydrogen-bond acceptors (Lipinski definition) is 7. The molecule has 0 unspecified atom stereocenters. The number of carbonyl (C=O) groups is 2. The third-order valence-corrected chi connectivity index (χ3v) is 6.91. The number of esters is 1. The number of thiophene rings is 1. The Kier molecular flexibility index (Phi) is 7.17. The van der Waals surface area contributed by atoms with Crippen molar-refractivity contribution < 1.29 is 19.1 Å². The Morgan fingerprint density at radius 3 is 2.61 bits per heavy atom. The van der Waals surface area contributed by atoms with E-state index in [0.29, 0.717) is 38.6 Å². The molecule has 0 saturated heterocycles. The fourth-order valence-electron chi connectivity index (χ4n) is 3.13. The van der Waals surface area contributed by atoms with Gasteiger partial charge in [0.1, 0.15) is 11.4 Å². The van der Waals surface area contributed by atoms with Crippen LogP contribution in [0, 0.1) is 0 Å². The number of hydrogen-bond donors (Lipinski definition) is 0. The van der Waals surface area contributed by atoms with Gasteiger partial charge in [0.2, 0.25) is 0 Å². The molecule has 6 nitrogen and oxygen atoms in total. The minimum atomic E-state index is -0.383. The molecule has 33 heavy (non-hydrogen) atoms. The summed E-state index contributed by atoms with van der Waals surface area (Å²) in [6.45, 7) is 0. The van der Waals surface area contributed by atoms with Crippen molar-refractivity contribution in [3.05, 3.63) is 86.7 Å². The van der Waals surface area contributed by atoms with Crippen LogP contribution >= 0.6 is 34.7 Å². The minimum absolute atomic E-state index is 0.229. The molecule has 2 heterocycles. The van der Waals surface area contributed by atoms with Crippen LogP contribution in [0.5, 0.6) is 5.75 Å². The van der Waals surface area contributed by atoms with Crippen molar-refractivity contribution in [1.82, 2.24) is 0 Å². The Labute approximate surface area is 204 Å². The van der Waals surface area contributed by atoms with Crippen molar-refractivity contribution in [2.75, 3.05) is 19.1 Å². The first kappa shape index (κ1) is 23.1. The number of amidine groups is 1. The normalized spacial score (nSPS) is 14.5. The number of amides is 1. The molecule has 3 aromatic rings. The van der Waals surface area contributed by atoms with Crippen LogP contribution in [0.3, 0.4) is 0 Å². The van der Waals surface area contributed by atoms with Crippen molar-refractivity contribution >= 4 is 63.5 Å². The van der Waals surface area contributed by atoms with Gasteiger partial charge < -0.3 is 9.47 Å². The third kappa shape index (κ3) is 5.13. The number of rotatable bonds is 6. The van der Waals surface area contributed by atoms with Crippen molar-refractivity contribution in [1.29, 1.82) is 0 Å². The van der Waals surface area contributed by atoms with Gasteiger partial charge in [-0.1, -0.05) is 41.6 Å². The van der Waals surface area contributed by atoms with E-state index in [1.807, 2.05) is 29.6 Å². The van der Waals surface area contributed by atoms with Crippen LogP contribution in [0.2, 0.25) is 5.02 Å². The summed E-state index contributed by atoms with van der Waals surface area (Å²) in [7, 11) is 2.89. The van der Waals surface area contributed by atoms with E-state index >= 15 is 0 Å². The average Bonchev–Trinajstić information content (AvgIpc) is 3.45. The molecule has 1 aliphatic heterocycles. The maximum absolute atomic E-state index is 13.3. The summed E-state index contributed by atoms with van der Waals surface area (Å²) in [6, 6.07) is 16.2. The van der Waals surface area contributed by atoms with E-state index in [9.17, 15) is 9.59 Å². The van der Waals surface area contributed by atoms with Gasteiger partial charge >= 0.3 is 5.97 Å². The van der Waals surface area contributed by atoms with Gasteiger partial charge in [-0.15, -0.1) is 11.3 Å². The van der Waals surface area contributed by atoms with Crippen LogP contribution in [-0.4, -0.2) is 31.3 Å². The van der Waals surface area contributed by atoms with Gasteiger partial charge in [-0.25, -0.2) is 9.79 Å². The van der Waals surface area contributed by atoms with Crippen LogP contribution in [0.1, 0.15) is 20.8 Å². The second-order valence-electron chi connectivity index (χ2n) is 6.88. The number of carbonyl (C=O) groups excluding carboxylic acids is 2. The lowest BCUT2D eigenvalue weighted by Crippen LogP contribution is -2.30. The number of aliphatic imine (C=N–C) groups is 1. The monoisotopic (exact) mass is 498 g/mol. The summed E-state index contributed by atoms with van der Waals surface area (Å²) in [6.07, 6.45) is 1.78. The van der Waals surface area contributed by atoms with Crippen LogP contribution in [0.25, 0.3) is 6.08 Å². The van der Waals surface area contributed by atoms with E-state index in [1.165, 1.54) is 37.3 Å². The molecule has 0 spiro atoms. The Hall–Kier alpha value is -3.07. The average molecular weight is 499 g/mol. The molecule has 0 radical (unpaired) electrons. The van der Waals surface area contributed by atoms with Gasteiger partial charge in [0, 0.05) is 10.6 Å². The number of methoxy groups -OCH3 is 2. The molecular formula is C24H19ClN2O4S2. The summed E-state index contributed by atoms with van der Waals surface area (Å²) in [4.78, 5) is 32.1. The Morgan fingerprint density at radius 2 is 1.97 bits per heavy atom. The van der Waals surface area contributed by atoms with Crippen molar-refractivity contribution in [2.45, 2.75) is 5.75 Å². The molecule has 0 atom stereocenters. The summed E-state index contributed by atoms with van der Waals surface area (Å²) in [5, 5.41) is 2.90. The molecule has 0 fully saturated rings. The zero-order valence-corrected chi connectivity index (χ0v) is 20.2. The smallest absolute Gasteiger partial charge is 0.337 e. The molecule has 4 rings (SSSR count). The van der Waals surface area contributed by atoms with Gasteiger partial charge in [-0.2, -0.15) is 0 Å². The number of benzene rings is 2. The molecule has 168 valence electrons. The van der Waals surface area contributed by atoms with E-state index in [-0.39, 0.29) is 11.9 Å². The number of nitrogens with zero attached hydrogens (tertiary/aromatic N) is 2. The topological polar surface area (TPSA) is 68.2 Å². The van der Waals surface area contributed by atoms with E-state index < -0.39 is 0 Å². The largest absolute Gasteiger partial charge is 0.495 e. The van der Waals surface area contributed by atoms with Gasteiger partial charge in [0.15, 0.2) is 5.17 Å². The molecule has 0 aliphatic carbocycles. The minimum Gasteiger partial charge on any atom is -0.495 e. The lowest BCUT2D eigenvalue weighted by Gasteiger charge is -2.18. The highest BCUT2D eigenvalue weighted by Crippen LogP contribution is 2.35. The van der Waals surface area contributed by atoms with Crippen molar-refractivity contribution in [3.8, 4) is 5.75 Å². The standard InChI is InChI=1S/C24H19ClN2O4S2/c1-30-21-10-9-17(12-19(21)25)27-22(28)20(13-18-4-3-11-32-18)26-24(27)33-14-15-5-7-16(8-6-15)23(29)31-2/h3-13H,14H2,1-2H3/b20-13-. The van der Waals surface area contributed by atoms with E-state index in [1.54, 1.807) is 41.3 Å². The first-order chi connectivity index (χ1) is 16.0. The summed E-state index contributed by atoms with van der Waals surface area (Å²) in [5.41, 5.74) is 2.42. The van der Waals surface area contributed by atoms with Gasteiger partial charge in [-0.3, -0.25) is 9.69 Å². The van der Waals surface area contributed by atoms with E-state index in [2.05, 4.69) is 4.99 Å². The second kappa shape index (κ2) is 10.2. The molecule has 0 N–H and O–H groups in total. The summed E-state index contributed by atoms with van der Waals surface area (Å²) in [5.74, 6) is 0.470. The predicted molar refractivity (Wildman–Crippen MR) is 134 cm³/mol. The fraction of sp³-hybridized carbons (Fsp3) is 0.125. The molecule has 2 aromatic carbocycles. The summed E-state index contributed by atoms with van der Waals surface area (Å²) < 4.78 is 9.97. The molecule has 1 aliphatic rings. The van der Waals surface area contributed by atoms with Gasteiger partial charge in [0.05, 0.1) is 30.5 Å². The lowest BCUT2D eigenvalue weighted by molar-refractivity contribution is -0.113. The molecule has 1 amide bonds. The maximum Gasteiger partial charge on any atom is 0.337 e. The maximum atomic E-state index is 13.3. The Balaban J connectivity index is 1.62. The van der Waals surface area contributed by atoms with Crippen LogP contribution in [-0.2, 0) is 15.3 Å². The Morgan fingerprint density at radius 1 is 1.18 bits per heavy atom. The van der Waals surface area contributed by atoms with Crippen molar-refractivity contribution in [2.24, 2.45) is 4.99 Å². The number of ether oxygens (including phenoxy) is 2. The zero-order valence-electron chi connectivity index (χ0n) is 17.8. The van der Waals surface area contributed by atoms with Gasteiger partial charge in [-0.05, 0) is 53.4 Å². The zero-order chi connectivity index (χ0) is 23.4. The highest BCUT2D eigenvalue weighted by Gasteiger charge is 2.32. The third-order valence-electron chi connectivity index (χ3n) is 4.79. The fourth-order valence-corrected chi connectivity index (χ4v) is 5.00. The van der Waals surface area contributed by atoms with Crippen LogP contribution in [0.4, 0.5) is 5.69 Å². The predicted octanol–water partition coefficient (Wildman–Crippen LogP) is 5.87. The molecule has 0 bridgehead atoms. The highest BCUT2D eigenvalue weighted by atomic mass is 35.5. The lowest BCUT2D eigenvalue weighted by atomic mass is 10.1. The summed E-state index contributed by atoms with van der Waals surface area (Å²) >= 11 is 9.28. The molecular weight excluding hydrogens is 480 g/mol. The number of thioether (sulfide) groups is 1. The first-order valence-corrected chi connectivity index (χ1v) is 12.1. The molecule has 9 heteroatoms. The van der Waals surface area contributed by atoms with Gasteiger partial charge in [0.25, 0.3) is 5.91 Å². The molecule has 1 aromatic heterocycles. The van der Waals surface area contributed by atoms with Crippen LogP contribution in [0.15, 0.2) is 70.7 Å². The molecule has 0 saturated carbocycles. The Bertz CT molecular complexity index is 1240. The highest BCUT2D eigenvalue weighted by molar-refractivity contribution is 8.13. The number of halogens is 1. The van der Waals surface area contributed by atoms with Crippen molar-refractivity contribution in [3.63, 3.8) is 0 Å². The second-order valence-corrected chi connectivity index (χ2v) is 9.20. The van der Waals surface area contributed by atoms with Crippen LogP contribution < -0.4 is 9.64 Å².